The zero-order chi connectivity index (χ0) is 13.1. The minimum absolute atomic E-state index is 0.258. The molecule has 0 amide bonds. The van der Waals surface area contributed by atoms with E-state index in [1.165, 1.54) is 12.1 Å². The van der Waals surface area contributed by atoms with Crippen LogP contribution in [0, 0.1) is 19.7 Å². The van der Waals surface area contributed by atoms with E-state index in [-0.39, 0.29) is 11.9 Å². The number of hydrogen-bond acceptors (Lipinski definition) is 3. The zero-order valence-corrected chi connectivity index (χ0v) is 10.4. The van der Waals surface area contributed by atoms with Crippen molar-refractivity contribution in [2.75, 3.05) is 0 Å². The molecule has 0 bridgehead atoms. The number of hydrazine groups is 1. The summed E-state index contributed by atoms with van der Waals surface area (Å²) in [6, 6.07) is 6.62. The number of benzene rings is 1. The summed E-state index contributed by atoms with van der Waals surface area (Å²) in [5.41, 5.74) is 6.33. The maximum Gasteiger partial charge on any atom is 0.123 e. The van der Waals surface area contributed by atoms with Gasteiger partial charge in [-0.15, -0.1) is 0 Å². The Hall–Kier alpha value is -1.78. The molecule has 0 saturated carbocycles. The molecule has 1 aromatic carbocycles. The average Bonchev–Trinajstić information content (AvgIpc) is 2.28. The normalized spacial score (nSPS) is 12.4. The molecule has 2 aromatic rings. The van der Waals surface area contributed by atoms with Crippen LogP contribution in [0.2, 0.25) is 0 Å². The van der Waals surface area contributed by atoms with Gasteiger partial charge in [0.1, 0.15) is 5.82 Å². The van der Waals surface area contributed by atoms with Crippen molar-refractivity contribution >= 4 is 0 Å². The van der Waals surface area contributed by atoms with Crippen LogP contribution in [-0.4, -0.2) is 4.98 Å². The SMILES string of the molecule is Cc1cncc(C(NN)c2cc(C)cc(F)c2)c1. The Morgan fingerprint density at radius 2 is 1.78 bits per heavy atom. The summed E-state index contributed by atoms with van der Waals surface area (Å²) in [7, 11) is 0. The van der Waals surface area contributed by atoms with Gasteiger partial charge in [-0.05, 0) is 48.2 Å². The smallest absolute Gasteiger partial charge is 0.123 e. The van der Waals surface area contributed by atoms with Crippen LogP contribution in [0.15, 0.2) is 36.7 Å². The first-order valence-corrected chi connectivity index (χ1v) is 5.75. The fraction of sp³-hybridized carbons (Fsp3) is 0.214. The molecule has 0 aliphatic heterocycles. The summed E-state index contributed by atoms with van der Waals surface area (Å²) >= 11 is 0. The number of rotatable bonds is 3. The number of halogens is 1. The summed E-state index contributed by atoms with van der Waals surface area (Å²) in [6.07, 6.45) is 3.51. The Morgan fingerprint density at radius 3 is 2.39 bits per heavy atom. The van der Waals surface area contributed by atoms with Gasteiger partial charge in [-0.1, -0.05) is 12.1 Å². The predicted octanol–water partition coefficient (Wildman–Crippen LogP) is 2.39. The van der Waals surface area contributed by atoms with Crippen molar-refractivity contribution in [2.24, 2.45) is 5.84 Å². The Balaban J connectivity index is 2.45. The zero-order valence-electron chi connectivity index (χ0n) is 10.4. The van der Waals surface area contributed by atoms with E-state index in [9.17, 15) is 4.39 Å². The number of nitrogens with two attached hydrogens (primary N) is 1. The number of aryl methyl sites for hydroxylation is 2. The molecule has 1 aromatic heterocycles. The lowest BCUT2D eigenvalue weighted by molar-refractivity contribution is 0.603. The average molecular weight is 245 g/mol. The van der Waals surface area contributed by atoms with E-state index in [1.54, 1.807) is 12.4 Å². The Labute approximate surface area is 106 Å². The van der Waals surface area contributed by atoms with Crippen molar-refractivity contribution in [1.82, 2.24) is 10.4 Å². The Morgan fingerprint density at radius 1 is 1.06 bits per heavy atom. The molecule has 94 valence electrons. The maximum atomic E-state index is 13.4. The molecule has 0 fully saturated rings. The van der Waals surface area contributed by atoms with Crippen molar-refractivity contribution in [3.8, 4) is 0 Å². The minimum atomic E-state index is -0.258. The van der Waals surface area contributed by atoms with Crippen LogP contribution in [0.25, 0.3) is 0 Å². The highest BCUT2D eigenvalue weighted by molar-refractivity contribution is 5.34. The molecule has 0 radical (unpaired) electrons. The molecule has 18 heavy (non-hydrogen) atoms. The monoisotopic (exact) mass is 245 g/mol. The van der Waals surface area contributed by atoms with Crippen LogP contribution in [0.1, 0.15) is 28.3 Å². The molecule has 1 heterocycles. The number of nitrogens with one attached hydrogen (secondary N) is 1. The molecular formula is C14H16FN3. The van der Waals surface area contributed by atoms with Gasteiger partial charge in [0.05, 0.1) is 6.04 Å². The van der Waals surface area contributed by atoms with E-state index < -0.39 is 0 Å². The first kappa shape index (κ1) is 12.7. The van der Waals surface area contributed by atoms with Crippen LogP contribution in [0.4, 0.5) is 4.39 Å². The summed E-state index contributed by atoms with van der Waals surface area (Å²) in [5.74, 6) is 5.33. The molecule has 2 rings (SSSR count). The van der Waals surface area contributed by atoms with Gasteiger partial charge in [0, 0.05) is 12.4 Å². The Bertz CT molecular complexity index is 534. The second kappa shape index (κ2) is 5.25. The molecule has 0 aliphatic carbocycles. The van der Waals surface area contributed by atoms with Crippen LogP contribution < -0.4 is 11.3 Å². The lowest BCUT2D eigenvalue weighted by Gasteiger charge is -2.17. The summed E-state index contributed by atoms with van der Waals surface area (Å²) in [5, 5.41) is 0. The van der Waals surface area contributed by atoms with Crippen molar-refractivity contribution in [2.45, 2.75) is 19.9 Å². The summed E-state index contributed by atoms with van der Waals surface area (Å²) in [6.45, 7) is 3.82. The molecule has 0 saturated heterocycles. The van der Waals surface area contributed by atoms with Crippen LogP contribution >= 0.6 is 0 Å². The van der Waals surface area contributed by atoms with Crippen molar-refractivity contribution < 1.29 is 4.39 Å². The summed E-state index contributed by atoms with van der Waals surface area (Å²) in [4.78, 5) is 4.13. The molecule has 3 N–H and O–H groups in total. The highest BCUT2D eigenvalue weighted by atomic mass is 19.1. The summed E-state index contributed by atoms with van der Waals surface area (Å²) < 4.78 is 13.4. The molecule has 0 spiro atoms. The van der Waals surface area contributed by atoms with E-state index in [0.29, 0.717) is 0 Å². The van der Waals surface area contributed by atoms with E-state index in [0.717, 1.165) is 22.3 Å². The standard InChI is InChI=1S/C14H16FN3/c1-9-3-11(6-13(15)5-9)14(18-16)12-4-10(2)7-17-8-12/h3-8,14,18H,16H2,1-2H3. The number of pyridine rings is 1. The predicted molar refractivity (Wildman–Crippen MR) is 69.3 cm³/mol. The van der Waals surface area contributed by atoms with Gasteiger partial charge in [-0.3, -0.25) is 10.8 Å². The number of nitrogens with zero attached hydrogens (tertiary/aromatic N) is 1. The lowest BCUT2D eigenvalue weighted by Crippen LogP contribution is -2.29. The van der Waals surface area contributed by atoms with E-state index >= 15 is 0 Å². The Kier molecular flexibility index (Phi) is 3.69. The van der Waals surface area contributed by atoms with Gasteiger partial charge < -0.3 is 0 Å². The van der Waals surface area contributed by atoms with Crippen molar-refractivity contribution in [3.63, 3.8) is 0 Å². The van der Waals surface area contributed by atoms with Gasteiger partial charge in [0.15, 0.2) is 0 Å². The first-order valence-electron chi connectivity index (χ1n) is 5.75. The fourth-order valence-corrected chi connectivity index (χ4v) is 2.05. The van der Waals surface area contributed by atoms with Crippen LogP contribution in [-0.2, 0) is 0 Å². The third kappa shape index (κ3) is 2.72. The van der Waals surface area contributed by atoms with Crippen LogP contribution in [0.5, 0.6) is 0 Å². The third-order valence-electron chi connectivity index (χ3n) is 2.79. The fourth-order valence-electron chi connectivity index (χ4n) is 2.05. The van der Waals surface area contributed by atoms with E-state index in [2.05, 4.69) is 10.4 Å². The topological polar surface area (TPSA) is 50.9 Å². The first-order chi connectivity index (χ1) is 8.60. The minimum Gasteiger partial charge on any atom is -0.271 e. The van der Waals surface area contributed by atoms with Gasteiger partial charge in [0.25, 0.3) is 0 Å². The van der Waals surface area contributed by atoms with E-state index in [1.807, 2.05) is 26.0 Å². The molecular weight excluding hydrogens is 229 g/mol. The molecule has 1 atom stereocenters. The molecule has 4 heteroatoms. The maximum absolute atomic E-state index is 13.4. The van der Waals surface area contributed by atoms with Gasteiger partial charge in [-0.2, -0.15) is 0 Å². The van der Waals surface area contributed by atoms with Crippen LogP contribution in [0.3, 0.4) is 0 Å². The highest BCUT2D eigenvalue weighted by Crippen LogP contribution is 2.23. The van der Waals surface area contributed by atoms with Crippen molar-refractivity contribution in [3.05, 3.63) is 64.7 Å². The quantitative estimate of drug-likeness (QED) is 0.645. The molecule has 0 aliphatic rings. The lowest BCUT2D eigenvalue weighted by atomic mass is 9.98. The van der Waals surface area contributed by atoms with Gasteiger partial charge in [-0.25, -0.2) is 9.82 Å². The van der Waals surface area contributed by atoms with Crippen molar-refractivity contribution in [1.29, 1.82) is 0 Å². The van der Waals surface area contributed by atoms with E-state index in [4.69, 9.17) is 5.84 Å². The second-order valence-electron chi connectivity index (χ2n) is 4.46. The third-order valence-corrected chi connectivity index (χ3v) is 2.79. The largest absolute Gasteiger partial charge is 0.271 e. The second-order valence-corrected chi connectivity index (χ2v) is 4.46. The van der Waals surface area contributed by atoms with Gasteiger partial charge >= 0.3 is 0 Å². The number of aromatic nitrogens is 1. The number of hydrogen-bond donors (Lipinski definition) is 2. The highest BCUT2D eigenvalue weighted by Gasteiger charge is 2.14. The van der Waals surface area contributed by atoms with Gasteiger partial charge in [0.2, 0.25) is 0 Å². The molecule has 3 nitrogen and oxygen atoms in total. The molecule has 1 unspecified atom stereocenters.